The number of rotatable bonds is 6. The highest BCUT2D eigenvalue weighted by Gasteiger charge is 2.18. The number of hydrogen-bond donors (Lipinski definition) is 1. The highest BCUT2D eigenvalue weighted by molar-refractivity contribution is 8.00. The van der Waals surface area contributed by atoms with Crippen LogP contribution in [0.1, 0.15) is 25.0 Å². The third-order valence-corrected chi connectivity index (χ3v) is 5.25. The van der Waals surface area contributed by atoms with E-state index in [1.807, 2.05) is 54.1 Å². The van der Waals surface area contributed by atoms with Crippen molar-refractivity contribution < 1.29 is 4.79 Å². The molecule has 0 aliphatic carbocycles. The summed E-state index contributed by atoms with van der Waals surface area (Å²) < 4.78 is 2.01. The summed E-state index contributed by atoms with van der Waals surface area (Å²) in [6.07, 6.45) is 4.67. The van der Waals surface area contributed by atoms with Crippen LogP contribution in [0.25, 0.3) is 5.69 Å². The van der Waals surface area contributed by atoms with Crippen molar-refractivity contribution in [1.82, 2.24) is 9.55 Å². The van der Waals surface area contributed by atoms with Gasteiger partial charge >= 0.3 is 0 Å². The van der Waals surface area contributed by atoms with Crippen LogP contribution in [-0.4, -0.2) is 20.7 Å². The van der Waals surface area contributed by atoms with E-state index in [1.54, 1.807) is 6.20 Å². The van der Waals surface area contributed by atoms with Crippen LogP contribution in [0.15, 0.2) is 66.1 Å². The highest BCUT2D eigenvalue weighted by atomic mass is 32.2. The van der Waals surface area contributed by atoms with E-state index in [4.69, 9.17) is 0 Å². The number of nitrogens with zero attached hydrogens (tertiary/aromatic N) is 2. The van der Waals surface area contributed by atoms with Gasteiger partial charge in [-0.15, -0.1) is 0 Å². The van der Waals surface area contributed by atoms with Crippen LogP contribution in [0.3, 0.4) is 0 Å². The van der Waals surface area contributed by atoms with Crippen molar-refractivity contribution in [3.05, 3.63) is 72.1 Å². The SMILES string of the molecule is CCc1ccc(NC(=O)[C@@H](C)Sc2nccn2-c2cccc(C)c2)cc1. The molecule has 5 heteroatoms. The maximum Gasteiger partial charge on any atom is 0.237 e. The largest absolute Gasteiger partial charge is 0.325 e. The highest BCUT2D eigenvalue weighted by Crippen LogP contribution is 2.25. The van der Waals surface area contributed by atoms with Gasteiger partial charge in [-0.3, -0.25) is 9.36 Å². The van der Waals surface area contributed by atoms with Crippen molar-refractivity contribution in [3.8, 4) is 5.69 Å². The zero-order valence-electron chi connectivity index (χ0n) is 15.3. The quantitative estimate of drug-likeness (QED) is 0.635. The molecule has 4 nitrogen and oxygen atoms in total. The summed E-state index contributed by atoms with van der Waals surface area (Å²) in [4.78, 5) is 16.9. The van der Waals surface area contributed by atoms with Crippen LogP contribution in [0.4, 0.5) is 5.69 Å². The van der Waals surface area contributed by atoms with Gasteiger partial charge in [0.05, 0.1) is 5.25 Å². The van der Waals surface area contributed by atoms with Crippen LogP contribution in [-0.2, 0) is 11.2 Å². The molecule has 2 aromatic carbocycles. The van der Waals surface area contributed by atoms with Crippen LogP contribution >= 0.6 is 11.8 Å². The van der Waals surface area contributed by atoms with Crippen LogP contribution in [0.5, 0.6) is 0 Å². The Balaban J connectivity index is 1.69. The Morgan fingerprint density at radius 3 is 2.69 bits per heavy atom. The summed E-state index contributed by atoms with van der Waals surface area (Å²) in [6, 6.07) is 16.2. The zero-order valence-corrected chi connectivity index (χ0v) is 16.1. The van der Waals surface area contributed by atoms with E-state index in [1.165, 1.54) is 22.9 Å². The molecule has 3 rings (SSSR count). The molecule has 1 aromatic heterocycles. The number of imidazole rings is 1. The number of amides is 1. The molecule has 0 bridgehead atoms. The molecule has 134 valence electrons. The molecule has 1 atom stereocenters. The minimum Gasteiger partial charge on any atom is -0.325 e. The lowest BCUT2D eigenvalue weighted by molar-refractivity contribution is -0.115. The molecule has 0 radical (unpaired) electrons. The summed E-state index contributed by atoms with van der Waals surface area (Å²) in [7, 11) is 0. The monoisotopic (exact) mass is 365 g/mol. The predicted octanol–water partition coefficient (Wildman–Crippen LogP) is 4.86. The number of aromatic nitrogens is 2. The lowest BCUT2D eigenvalue weighted by atomic mass is 10.1. The zero-order chi connectivity index (χ0) is 18.5. The molecular weight excluding hydrogens is 342 g/mol. The number of nitrogens with one attached hydrogen (secondary N) is 1. The molecule has 0 aliphatic rings. The maximum atomic E-state index is 12.5. The molecule has 0 saturated heterocycles. The van der Waals surface area contributed by atoms with E-state index in [0.717, 1.165) is 23.0 Å². The summed E-state index contributed by atoms with van der Waals surface area (Å²) in [5, 5.41) is 3.52. The average molecular weight is 366 g/mol. The van der Waals surface area contributed by atoms with Crippen LogP contribution in [0, 0.1) is 6.92 Å². The lowest BCUT2D eigenvalue weighted by Gasteiger charge is -2.13. The minimum absolute atomic E-state index is 0.0296. The Hall–Kier alpha value is -2.53. The first kappa shape index (κ1) is 18.3. The van der Waals surface area contributed by atoms with Gasteiger partial charge in [-0.1, -0.05) is 43.0 Å². The molecule has 1 heterocycles. The van der Waals surface area contributed by atoms with Gasteiger partial charge in [0.1, 0.15) is 0 Å². The number of benzene rings is 2. The van der Waals surface area contributed by atoms with Crippen molar-refractivity contribution in [2.75, 3.05) is 5.32 Å². The number of thioether (sulfide) groups is 1. The van der Waals surface area contributed by atoms with Gasteiger partial charge < -0.3 is 5.32 Å². The Morgan fingerprint density at radius 1 is 1.23 bits per heavy atom. The van der Waals surface area contributed by atoms with E-state index in [2.05, 4.69) is 36.3 Å². The standard InChI is InChI=1S/C21H23N3OS/c1-4-17-8-10-18(11-9-17)23-20(25)16(3)26-21-22-12-13-24(21)19-7-5-6-15(2)14-19/h5-14,16H,4H2,1-3H3,(H,23,25)/t16-/m1/s1. The van der Waals surface area contributed by atoms with Gasteiger partial charge in [0, 0.05) is 23.8 Å². The van der Waals surface area contributed by atoms with Crippen molar-refractivity contribution in [2.24, 2.45) is 0 Å². The summed E-state index contributed by atoms with van der Waals surface area (Å²) in [6.45, 7) is 6.07. The van der Waals surface area contributed by atoms with Gasteiger partial charge in [-0.05, 0) is 55.7 Å². The number of hydrogen-bond acceptors (Lipinski definition) is 3. The van der Waals surface area contributed by atoms with E-state index in [-0.39, 0.29) is 11.2 Å². The second kappa shape index (κ2) is 8.23. The number of carbonyl (C=O) groups is 1. The van der Waals surface area contributed by atoms with Crippen LogP contribution in [0.2, 0.25) is 0 Å². The summed E-state index contributed by atoms with van der Waals surface area (Å²) >= 11 is 1.45. The van der Waals surface area contributed by atoms with E-state index in [0.29, 0.717) is 0 Å². The minimum atomic E-state index is -0.258. The average Bonchev–Trinajstić information content (AvgIpc) is 3.10. The fourth-order valence-electron chi connectivity index (χ4n) is 2.63. The topological polar surface area (TPSA) is 46.9 Å². The molecule has 0 saturated carbocycles. The number of anilines is 1. The van der Waals surface area contributed by atoms with Crippen molar-refractivity contribution in [3.63, 3.8) is 0 Å². The molecule has 0 aliphatic heterocycles. The van der Waals surface area contributed by atoms with Crippen molar-refractivity contribution in [1.29, 1.82) is 0 Å². The first-order valence-electron chi connectivity index (χ1n) is 8.73. The number of aryl methyl sites for hydroxylation is 2. The molecule has 3 aromatic rings. The van der Waals surface area contributed by atoms with Gasteiger partial charge in [-0.25, -0.2) is 4.98 Å². The molecular formula is C21H23N3OS. The normalized spacial score (nSPS) is 12.0. The Kier molecular flexibility index (Phi) is 5.78. The van der Waals surface area contributed by atoms with E-state index in [9.17, 15) is 4.79 Å². The van der Waals surface area contributed by atoms with Crippen molar-refractivity contribution >= 4 is 23.4 Å². The van der Waals surface area contributed by atoms with E-state index < -0.39 is 0 Å². The molecule has 1 amide bonds. The Bertz CT molecular complexity index is 886. The lowest BCUT2D eigenvalue weighted by Crippen LogP contribution is -2.22. The molecule has 0 spiro atoms. The first-order chi connectivity index (χ1) is 12.6. The van der Waals surface area contributed by atoms with Gasteiger partial charge in [0.15, 0.2) is 5.16 Å². The van der Waals surface area contributed by atoms with Gasteiger partial charge in [-0.2, -0.15) is 0 Å². The second-order valence-corrected chi connectivity index (χ2v) is 7.53. The molecule has 0 fully saturated rings. The molecule has 1 N–H and O–H groups in total. The molecule has 26 heavy (non-hydrogen) atoms. The predicted molar refractivity (Wildman–Crippen MR) is 108 cm³/mol. The van der Waals surface area contributed by atoms with Crippen LogP contribution < -0.4 is 5.32 Å². The third kappa shape index (κ3) is 4.35. The smallest absolute Gasteiger partial charge is 0.237 e. The third-order valence-electron chi connectivity index (χ3n) is 4.17. The van der Waals surface area contributed by atoms with Gasteiger partial charge in [0.2, 0.25) is 5.91 Å². The van der Waals surface area contributed by atoms with E-state index >= 15 is 0 Å². The Morgan fingerprint density at radius 2 is 2.00 bits per heavy atom. The fraction of sp³-hybridized carbons (Fsp3) is 0.238. The first-order valence-corrected chi connectivity index (χ1v) is 9.61. The summed E-state index contributed by atoms with van der Waals surface area (Å²) in [5.41, 5.74) is 4.31. The van der Waals surface area contributed by atoms with Gasteiger partial charge in [0.25, 0.3) is 0 Å². The Labute approximate surface area is 158 Å². The maximum absolute atomic E-state index is 12.5. The fourth-order valence-corrected chi connectivity index (χ4v) is 3.51. The second-order valence-electron chi connectivity index (χ2n) is 6.22. The molecule has 0 unspecified atom stereocenters. The summed E-state index contributed by atoms with van der Waals surface area (Å²) in [5.74, 6) is -0.0296. The van der Waals surface area contributed by atoms with Crippen molar-refractivity contribution in [2.45, 2.75) is 37.6 Å². The number of carbonyl (C=O) groups excluding carboxylic acids is 1.